The van der Waals surface area contributed by atoms with Crippen molar-refractivity contribution in [3.8, 4) is 11.3 Å². The van der Waals surface area contributed by atoms with E-state index in [1.165, 1.54) is 30.4 Å². The summed E-state index contributed by atoms with van der Waals surface area (Å²) in [6, 6.07) is 0. The van der Waals surface area contributed by atoms with Gasteiger partial charge in [-0.15, -0.1) is 0 Å². The molecule has 11 nitrogen and oxygen atoms in total. The normalized spacial score (nSPS) is 28.7. The molecule has 5 N–H and O–H groups in total. The molecule has 0 bridgehead atoms. The van der Waals surface area contributed by atoms with E-state index in [4.69, 9.17) is 9.15 Å². The highest BCUT2D eigenvalue weighted by Gasteiger charge is 2.53. The Bertz CT molecular complexity index is 924. The van der Waals surface area contributed by atoms with Crippen LogP contribution < -0.4 is 5.48 Å². The fourth-order valence-electron chi connectivity index (χ4n) is 3.27. The molecule has 0 amide bonds. The van der Waals surface area contributed by atoms with Gasteiger partial charge in [-0.1, -0.05) is 0 Å². The van der Waals surface area contributed by atoms with Gasteiger partial charge in [0.2, 0.25) is 0 Å². The SMILES string of the molecule is C[C@]1(O)C(n2cc(-c3cnco3)c3c(NO)ncnc32)O[C@H](CO)[C@H]1O. The number of nitrogens with one attached hydrogen (secondary N) is 1. The van der Waals surface area contributed by atoms with Gasteiger partial charge in [-0.3, -0.25) is 10.7 Å². The maximum atomic E-state index is 10.8. The highest BCUT2D eigenvalue weighted by molar-refractivity contribution is 6.00. The number of aromatic nitrogens is 4. The lowest BCUT2D eigenvalue weighted by atomic mass is 9.96. The predicted molar refractivity (Wildman–Crippen MR) is 86.1 cm³/mol. The van der Waals surface area contributed by atoms with Crippen molar-refractivity contribution >= 4 is 16.9 Å². The molecule has 4 rings (SSSR count). The summed E-state index contributed by atoms with van der Waals surface area (Å²) >= 11 is 0. The Hall–Kier alpha value is -2.57. The van der Waals surface area contributed by atoms with Gasteiger partial charge < -0.3 is 29.0 Å². The molecular weight excluding hydrogens is 346 g/mol. The van der Waals surface area contributed by atoms with Crippen LogP contribution >= 0.6 is 0 Å². The highest BCUT2D eigenvalue weighted by Crippen LogP contribution is 2.42. The Morgan fingerprint density at radius 3 is 2.81 bits per heavy atom. The molecule has 0 aromatic carbocycles. The summed E-state index contributed by atoms with van der Waals surface area (Å²) in [5, 5.41) is 40.2. The molecule has 0 spiro atoms. The number of aliphatic hydroxyl groups is 3. The van der Waals surface area contributed by atoms with Crippen LogP contribution in [0.15, 0.2) is 29.5 Å². The number of hydrogen-bond acceptors (Lipinski definition) is 10. The lowest BCUT2D eigenvalue weighted by molar-refractivity contribution is -0.0948. The second-order valence-corrected chi connectivity index (χ2v) is 6.23. The average molecular weight is 363 g/mol. The Morgan fingerprint density at radius 2 is 2.19 bits per heavy atom. The number of ether oxygens (including phenoxy) is 1. The van der Waals surface area contributed by atoms with E-state index in [-0.39, 0.29) is 5.82 Å². The smallest absolute Gasteiger partial charge is 0.181 e. The van der Waals surface area contributed by atoms with Crippen LogP contribution in [0.25, 0.3) is 22.4 Å². The minimum Gasteiger partial charge on any atom is -0.443 e. The Morgan fingerprint density at radius 1 is 1.38 bits per heavy atom. The summed E-state index contributed by atoms with van der Waals surface area (Å²) < 4.78 is 12.5. The Labute approximate surface area is 146 Å². The molecule has 0 aliphatic carbocycles. The summed E-state index contributed by atoms with van der Waals surface area (Å²) in [5.41, 5.74) is 1.12. The molecular formula is C15H17N5O6. The third-order valence-corrected chi connectivity index (χ3v) is 4.60. The summed E-state index contributed by atoms with van der Waals surface area (Å²) in [6.07, 6.45) is 2.24. The molecule has 1 unspecified atom stereocenters. The zero-order valence-electron chi connectivity index (χ0n) is 13.6. The van der Waals surface area contributed by atoms with Crippen LogP contribution in [0, 0.1) is 0 Å². The second kappa shape index (κ2) is 6.00. The van der Waals surface area contributed by atoms with Crippen LogP contribution in [0.2, 0.25) is 0 Å². The van der Waals surface area contributed by atoms with Crippen LogP contribution in [0.3, 0.4) is 0 Å². The molecule has 11 heteroatoms. The second-order valence-electron chi connectivity index (χ2n) is 6.23. The molecule has 4 atom stereocenters. The standard InChI is InChI=1S/C15H17N5O6/c1-15(23)11(22)9(4-21)26-14(15)20-3-7(8-2-16-6-25-8)10-12(19-24)17-5-18-13(10)20/h2-3,5-6,9,11,14,21-24H,4H2,1H3,(H,17,18,19)/t9-,11-,14?,15-/m1/s1. The first-order valence-corrected chi connectivity index (χ1v) is 7.80. The van der Waals surface area contributed by atoms with Gasteiger partial charge in [0.05, 0.1) is 23.8 Å². The van der Waals surface area contributed by atoms with Crippen molar-refractivity contribution in [2.45, 2.75) is 31.0 Å². The number of aliphatic hydroxyl groups excluding tert-OH is 2. The van der Waals surface area contributed by atoms with Gasteiger partial charge in [-0.25, -0.2) is 15.0 Å². The molecule has 26 heavy (non-hydrogen) atoms. The molecule has 0 radical (unpaired) electrons. The van der Waals surface area contributed by atoms with Gasteiger partial charge >= 0.3 is 0 Å². The van der Waals surface area contributed by atoms with Gasteiger partial charge in [-0.2, -0.15) is 0 Å². The zero-order valence-corrected chi connectivity index (χ0v) is 13.6. The number of rotatable bonds is 4. The van der Waals surface area contributed by atoms with Crippen LogP contribution in [-0.4, -0.2) is 64.5 Å². The van der Waals surface area contributed by atoms with Crippen LogP contribution in [-0.2, 0) is 4.74 Å². The van der Waals surface area contributed by atoms with Gasteiger partial charge in [0.15, 0.2) is 24.2 Å². The molecule has 3 aromatic rings. The average Bonchev–Trinajstić information content (AvgIpc) is 3.33. The number of nitrogens with zero attached hydrogens (tertiary/aromatic N) is 4. The molecule has 1 fully saturated rings. The summed E-state index contributed by atoms with van der Waals surface area (Å²) in [5.74, 6) is 0.508. The van der Waals surface area contributed by atoms with Crippen molar-refractivity contribution in [2.24, 2.45) is 0 Å². The lowest BCUT2D eigenvalue weighted by Crippen LogP contribution is -2.44. The van der Waals surface area contributed by atoms with E-state index < -0.39 is 30.6 Å². The van der Waals surface area contributed by atoms with Crippen molar-refractivity contribution in [1.29, 1.82) is 0 Å². The van der Waals surface area contributed by atoms with Crippen molar-refractivity contribution in [2.75, 3.05) is 12.1 Å². The molecule has 1 saturated heterocycles. The van der Waals surface area contributed by atoms with E-state index in [9.17, 15) is 20.5 Å². The highest BCUT2D eigenvalue weighted by atomic mass is 16.6. The minimum atomic E-state index is -1.70. The first-order valence-electron chi connectivity index (χ1n) is 7.80. The van der Waals surface area contributed by atoms with Crippen molar-refractivity contribution in [1.82, 2.24) is 19.5 Å². The van der Waals surface area contributed by atoms with Gasteiger partial charge in [0.1, 0.15) is 29.8 Å². The molecule has 1 aliphatic rings. The zero-order chi connectivity index (χ0) is 18.5. The number of oxazole rings is 1. The van der Waals surface area contributed by atoms with Gasteiger partial charge in [-0.05, 0) is 6.92 Å². The maximum absolute atomic E-state index is 10.8. The quantitative estimate of drug-likeness (QED) is 0.396. The number of anilines is 1. The van der Waals surface area contributed by atoms with E-state index in [0.717, 1.165) is 0 Å². The Kier molecular flexibility index (Phi) is 3.89. The summed E-state index contributed by atoms with van der Waals surface area (Å²) in [6.45, 7) is 0.949. The van der Waals surface area contributed by atoms with E-state index in [0.29, 0.717) is 22.4 Å². The van der Waals surface area contributed by atoms with Gasteiger partial charge in [0.25, 0.3) is 0 Å². The molecule has 4 heterocycles. The van der Waals surface area contributed by atoms with Crippen molar-refractivity contribution < 1.29 is 29.7 Å². The van der Waals surface area contributed by atoms with E-state index in [1.54, 1.807) is 6.20 Å². The predicted octanol–water partition coefficient (Wildman–Crippen LogP) is -0.111. The largest absolute Gasteiger partial charge is 0.443 e. The van der Waals surface area contributed by atoms with Crippen molar-refractivity contribution in [3.05, 3.63) is 25.1 Å². The van der Waals surface area contributed by atoms with Crippen LogP contribution in [0.4, 0.5) is 5.82 Å². The monoisotopic (exact) mass is 363 g/mol. The van der Waals surface area contributed by atoms with Crippen LogP contribution in [0.1, 0.15) is 13.2 Å². The summed E-state index contributed by atoms with van der Waals surface area (Å²) in [4.78, 5) is 12.1. The van der Waals surface area contributed by atoms with E-state index in [2.05, 4.69) is 15.0 Å². The minimum absolute atomic E-state index is 0.122. The third-order valence-electron chi connectivity index (χ3n) is 4.60. The van der Waals surface area contributed by atoms with E-state index in [1.807, 2.05) is 5.48 Å². The van der Waals surface area contributed by atoms with Crippen molar-refractivity contribution in [3.63, 3.8) is 0 Å². The lowest BCUT2D eigenvalue weighted by Gasteiger charge is -2.27. The first kappa shape index (κ1) is 16.9. The number of fused-ring (bicyclic) bond motifs is 1. The molecule has 3 aromatic heterocycles. The molecule has 138 valence electrons. The first-order chi connectivity index (χ1) is 12.5. The fourth-order valence-corrected chi connectivity index (χ4v) is 3.27. The Balaban J connectivity index is 1.95. The van der Waals surface area contributed by atoms with E-state index >= 15 is 0 Å². The molecule has 1 aliphatic heterocycles. The summed E-state index contributed by atoms with van der Waals surface area (Å²) in [7, 11) is 0. The maximum Gasteiger partial charge on any atom is 0.181 e. The molecule has 0 saturated carbocycles. The third kappa shape index (κ3) is 2.29. The fraction of sp³-hybridized carbons (Fsp3) is 0.400. The van der Waals surface area contributed by atoms with Crippen LogP contribution in [0.5, 0.6) is 0 Å². The number of hydrogen-bond donors (Lipinski definition) is 5. The topological polar surface area (TPSA) is 159 Å². The van der Waals surface area contributed by atoms with Gasteiger partial charge in [0, 0.05) is 6.20 Å².